The number of aliphatic imine (C=N–C) groups is 1. The summed E-state index contributed by atoms with van der Waals surface area (Å²) < 4.78 is 4.59. The van der Waals surface area contributed by atoms with E-state index in [9.17, 15) is 0 Å². The maximum absolute atomic E-state index is 5.09. The zero-order valence-corrected chi connectivity index (χ0v) is 28.1. The Labute approximate surface area is 295 Å². The zero-order chi connectivity index (χ0) is 34.3. The molecule has 0 bridgehead atoms. The maximum atomic E-state index is 5.09. The summed E-state index contributed by atoms with van der Waals surface area (Å²) in [5.41, 5.74) is 12.6. The van der Waals surface area contributed by atoms with Gasteiger partial charge in [-0.15, -0.1) is 0 Å². The molecule has 5 nitrogen and oxygen atoms in total. The van der Waals surface area contributed by atoms with Gasteiger partial charge in [0, 0.05) is 69.0 Å². The van der Waals surface area contributed by atoms with Crippen LogP contribution in [0, 0.1) is 0 Å². The first-order chi connectivity index (χ1) is 25.1. The van der Waals surface area contributed by atoms with Crippen LogP contribution in [0.1, 0.15) is 18.1 Å². The number of nitrogens with zero attached hydrogens (tertiary/aromatic N) is 5. The third kappa shape index (κ3) is 5.32. The normalized spacial score (nSPS) is 12.3. The van der Waals surface area contributed by atoms with E-state index in [1.807, 2.05) is 31.2 Å². The predicted molar refractivity (Wildman–Crippen MR) is 213 cm³/mol. The van der Waals surface area contributed by atoms with Gasteiger partial charge in [0.2, 0.25) is 0 Å². The first kappa shape index (κ1) is 30.2. The number of para-hydroxylation sites is 3. The molecule has 0 radical (unpaired) electrons. The van der Waals surface area contributed by atoms with Crippen LogP contribution < -0.4 is 0 Å². The molecule has 0 fully saturated rings. The Morgan fingerprint density at radius 1 is 0.549 bits per heavy atom. The Morgan fingerprint density at radius 3 is 1.75 bits per heavy atom. The lowest BCUT2D eigenvalue weighted by atomic mass is 10.0. The van der Waals surface area contributed by atoms with E-state index in [4.69, 9.17) is 4.99 Å². The van der Waals surface area contributed by atoms with Gasteiger partial charge in [-0.3, -0.25) is 15.0 Å². The largest absolute Gasteiger partial charge is 0.310 e. The summed E-state index contributed by atoms with van der Waals surface area (Å²) in [5.74, 6) is 0. The predicted octanol–water partition coefficient (Wildman–Crippen LogP) is 11.4. The Morgan fingerprint density at radius 2 is 1.06 bits per heavy atom. The molecule has 0 N–H and O–H groups in total. The molecule has 4 heterocycles. The molecule has 0 unspecified atom stereocenters. The van der Waals surface area contributed by atoms with Crippen molar-refractivity contribution in [2.75, 3.05) is 0 Å². The Balaban J connectivity index is 1.18. The molecule has 0 saturated heterocycles. The average Bonchev–Trinajstić information content (AvgIpc) is 3.71. The molecule has 0 aliphatic rings. The van der Waals surface area contributed by atoms with Gasteiger partial charge in [-0.2, -0.15) is 0 Å². The van der Waals surface area contributed by atoms with Crippen LogP contribution >= 0.6 is 0 Å². The second-order valence-electron chi connectivity index (χ2n) is 12.7. The van der Waals surface area contributed by atoms with Crippen molar-refractivity contribution in [1.29, 1.82) is 0 Å². The molecule has 242 valence electrons. The SMILES string of the molecule is C=C(/C=C(\N=C(C)c1ccncc1)c1ccncc1)n1c2ccccc2c2cc(-c3ccc4c(c3)c3ccccc3n4-c3ccccc3)ccc21. The molecule has 5 aromatic carbocycles. The van der Waals surface area contributed by atoms with Gasteiger partial charge in [-0.25, -0.2) is 0 Å². The van der Waals surface area contributed by atoms with E-state index in [0.717, 1.165) is 45.0 Å². The Hall–Kier alpha value is -6.85. The number of hydrogen-bond donors (Lipinski definition) is 0. The molecular formula is C46H33N5. The topological polar surface area (TPSA) is 48.0 Å². The average molecular weight is 656 g/mol. The van der Waals surface area contributed by atoms with E-state index in [2.05, 4.69) is 147 Å². The number of aromatic nitrogens is 4. The van der Waals surface area contributed by atoms with E-state index < -0.39 is 0 Å². The molecule has 4 aromatic heterocycles. The van der Waals surface area contributed by atoms with Gasteiger partial charge in [0.05, 0.1) is 27.8 Å². The molecule has 0 amide bonds. The minimum Gasteiger partial charge on any atom is -0.310 e. The standard InChI is InChI=1S/C46H33N5/c1-31(28-42(34-22-26-48-27-23-34)49-32(2)33-20-24-47-25-21-33)50-43-14-8-6-12-38(43)40-29-35(16-18-45(40)50)36-17-19-46-41(30-36)39-13-7-9-15-44(39)51(46)37-10-4-3-5-11-37/h3-30H,1H2,2H3/b42-28-,49-32?. The fraction of sp³-hybridized carbons (Fsp3) is 0.0217. The van der Waals surface area contributed by atoms with Gasteiger partial charge in [0.25, 0.3) is 0 Å². The second-order valence-corrected chi connectivity index (χ2v) is 12.7. The quantitative estimate of drug-likeness (QED) is 0.127. The van der Waals surface area contributed by atoms with Crippen molar-refractivity contribution in [2.45, 2.75) is 6.92 Å². The number of benzene rings is 5. The fourth-order valence-corrected chi connectivity index (χ4v) is 7.23. The van der Waals surface area contributed by atoms with Gasteiger partial charge in [-0.05, 0) is 102 Å². The highest BCUT2D eigenvalue weighted by Crippen LogP contribution is 2.38. The summed E-state index contributed by atoms with van der Waals surface area (Å²) in [6, 6.07) is 49.3. The molecular weight excluding hydrogens is 623 g/mol. The van der Waals surface area contributed by atoms with Crippen molar-refractivity contribution >= 4 is 60.7 Å². The monoisotopic (exact) mass is 655 g/mol. The van der Waals surface area contributed by atoms with Gasteiger partial charge in [0.1, 0.15) is 0 Å². The highest BCUT2D eigenvalue weighted by molar-refractivity contribution is 6.13. The second kappa shape index (κ2) is 12.6. The fourth-order valence-electron chi connectivity index (χ4n) is 7.23. The summed E-state index contributed by atoms with van der Waals surface area (Å²) in [5, 5.41) is 4.82. The molecule has 0 aliphatic heterocycles. The summed E-state index contributed by atoms with van der Waals surface area (Å²) in [4.78, 5) is 13.5. The van der Waals surface area contributed by atoms with Crippen LogP contribution in [0.4, 0.5) is 0 Å². The van der Waals surface area contributed by atoms with Crippen LogP contribution in [0.5, 0.6) is 0 Å². The van der Waals surface area contributed by atoms with Crippen molar-refractivity contribution in [3.63, 3.8) is 0 Å². The van der Waals surface area contributed by atoms with Gasteiger partial charge < -0.3 is 9.13 Å². The van der Waals surface area contributed by atoms with Gasteiger partial charge in [0.15, 0.2) is 0 Å². The lowest BCUT2D eigenvalue weighted by Crippen LogP contribution is -1.98. The first-order valence-corrected chi connectivity index (χ1v) is 17.0. The summed E-state index contributed by atoms with van der Waals surface area (Å²) >= 11 is 0. The highest BCUT2D eigenvalue weighted by atomic mass is 15.0. The van der Waals surface area contributed by atoms with Crippen LogP contribution in [-0.2, 0) is 0 Å². The Bertz CT molecular complexity index is 2810. The molecule has 0 spiro atoms. The molecule has 0 saturated carbocycles. The number of fused-ring (bicyclic) bond motifs is 6. The van der Waals surface area contributed by atoms with E-state index >= 15 is 0 Å². The molecule has 0 atom stereocenters. The van der Waals surface area contributed by atoms with Gasteiger partial charge >= 0.3 is 0 Å². The maximum Gasteiger partial charge on any atom is 0.0727 e. The third-order valence-electron chi connectivity index (χ3n) is 9.65. The summed E-state index contributed by atoms with van der Waals surface area (Å²) in [7, 11) is 0. The first-order valence-electron chi connectivity index (χ1n) is 17.0. The van der Waals surface area contributed by atoms with E-state index in [1.165, 1.54) is 43.7 Å². The summed E-state index contributed by atoms with van der Waals surface area (Å²) in [6.07, 6.45) is 9.23. The lowest BCUT2D eigenvalue weighted by molar-refractivity contribution is 1.18. The minimum atomic E-state index is 0.808. The molecule has 5 heteroatoms. The van der Waals surface area contributed by atoms with Crippen LogP contribution in [0.25, 0.3) is 71.8 Å². The number of pyridine rings is 2. The number of rotatable bonds is 7. The van der Waals surface area contributed by atoms with Crippen molar-refractivity contribution in [3.8, 4) is 16.8 Å². The lowest BCUT2D eigenvalue weighted by Gasteiger charge is -2.11. The summed E-state index contributed by atoms with van der Waals surface area (Å²) in [6.45, 7) is 6.62. The van der Waals surface area contributed by atoms with E-state index in [0.29, 0.717) is 0 Å². The van der Waals surface area contributed by atoms with Crippen LogP contribution in [0.3, 0.4) is 0 Å². The zero-order valence-electron chi connectivity index (χ0n) is 28.1. The number of hydrogen-bond acceptors (Lipinski definition) is 3. The van der Waals surface area contributed by atoms with Crippen molar-refractivity contribution in [2.24, 2.45) is 4.99 Å². The van der Waals surface area contributed by atoms with Gasteiger partial charge in [-0.1, -0.05) is 73.3 Å². The molecule has 51 heavy (non-hydrogen) atoms. The number of allylic oxidation sites excluding steroid dienone is 2. The molecule has 0 aliphatic carbocycles. The van der Waals surface area contributed by atoms with E-state index in [1.54, 1.807) is 24.8 Å². The van der Waals surface area contributed by atoms with Crippen molar-refractivity contribution in [1.82, 2.24) is 19.1 Å². The third-order valence-corrected chi connectivity index (χ3v) is 9.65. The van der Waals surface area contributed by atoms with E-state index in [-0.39, 0.29) is 0 Å². The van der Waals surface area contributed by atoms with Crippen LogP contribution in [0.15, 0.2) is 182 Å². The molecule has 9 rings (SSSR count). The smallest absolute Gasteiger partial charge is 0.0727 e. The van der Waals surface area contributed by atoms with Crippen molar-refractivity contribution < 1.29 is 0 Å². The highest BCUT2D eigenvalue weighted by Gasteiger charge is 2.16. The minimum absolute atomic E-state index is 0.808. The van der Waals surface area contributed by atoms with Crippen LogP contribution in [0.2, 0.25) is 0 Å². The van der Waals surface area contributed by atoms with Crippen molar-refractivity contribution in [3.05, 3.63) is 188 Å². The molecule has 9 aromatic rings. The van der Waals surface area contributed by atoms with Crippen LogP contribution in [-0.4, -0.2) is 24.8 Å². The Kier molecular flexibility index (Phi) is 7.44.